The van der Waals surface area contributed by atoms with Gasteiger partial charge in [0.25, 0.3) is 0 Å². The molecule has 2 heteroatoms. The van der Waals surface area contributed by atoms with Gasteiger partial charge < -0.3 is 10.0 Å². The molecule has 0 aliphatic carbocycles. The minimum atomic E-state index is -0.315. The van der Waals surface area contributed by atoms with Crippen molar-refractivity contribution in [2.24, 2.45) is 0 Å². The average Bonchev–Trinajstić information content (AvgIpc) is 2.17. The van der Waals surface area contributed by atoms with Gasteiger partial charge in [-0.3, -0.25) is 0 Å². The molecule has 1 N–H and O–H groups in total. The van der Waals surface area contributed by atoms with E-state index in [1.165, 1.54) is 0 Å². The van der Waals surface area contributed by atoms with E-state index in [1.54, 1.807) is 0 Å². The van der Waals surface area contributed by atoms with Gasteiger partial charge in [0.15, 0.2) is 0 Å². The number of benzene rings is 1. The van der Waals surface area contributed by atoms with Crippen LogP contribution < -0.4 is 4.90 Å². The largest absolute Gasteiger partial charge is 0.391 e. The van der Waals surface area contributed by atoms with Crippen LogP contribution in [0.3, 0.4) is 0 Å². The molecule has 1 aromatic rings. The summed E-state index contributed by atoms with van der Waals surface area (Å²) in [6.07, 6.45) is -0.315. The van der Waals surface area contributed by atoms with Gasteiger partial charge in [0, 0.05) is 12.7 Å². The van der Waals surface area contributed by atoms with E-state index in [0.717, 1.165) is 5.69 Å². The molecule has 0 spiro atoms. The van der Waals surface area contributed by atoms with E-state index in [0.29, 0.717) is 0 Å². The lowest BCUT2D eigenvalue weighted by Gasteiger charge is -2.28. The lowest BCUT2D eigenvalue weighted by Crippen LogP contribution is -2.37. The van der Waals surface area contributed by atoms with E-state index in [1.807, 2.05) is 51.2 Å². The quantitative estimate of drug-likeness (QED) is 0.766. The van der Waals surface area contributed by atoms with Crippen molar-refractivity contribution in [3.05, 3.63) is 30.3 Å². The average molecular weight is 179 g/mol. The first-order chi connectivity index (χ1) is 6.13. The molecule has 0 fully saturated rings. The fourth-order valence-corrected chi connectivity index (χ4v) is 1.22. The van der Waals surface area contributed by atoms with Crippen molar-refractivity contribution in [3.63, 3.8) is 0 Å². The maximum absolute atomic E-state index is 9.41. The van der Waals surface area contributed by atoms with Crippen molar-refractivity contribution in [2.45, 2.75) is 26.0 Å². The topological polar surface area (TPSA) is 23.5 Å². The number of hydrogen-bond acceptors (Lipinski definition) is 2. The van der Waals surface area contributed by atoms with E-state index in [-0.39, 0.29) is 12.1 Å². The lowest BCUT2D eigenvalue weighted by molar-refractivity contribution is 0.168. The van der Waals surface area contributed by atoms with Gasteiger partial charge in [-0.05, 0) is 26.0 Å². The van der Waals surface area contributed by atoms with Crippen LogP contribution >= 0.6 is 0 Å². The first kappa shape index (κ1) is 10.1. The first-order valence-corrected chi connectivity index (χ1v) is 4.59. The van der Waals surface area contributed by atoms with Gasteiger partial charge in [-0.25, -0.2) is 0 Å². The number of nitrogens with zero attached hydrogens (tertiary/aromatic N) is 1. The molecule has 72 valence electrons. The molecular weight excluding hydrogens is 162 g/mol. The standard InChI is InChI=1S/C11H17NO/c1-9(10(2)13)12(3)11-7-5-4-6-8-11/h4-10,13H,1-3H3/t9-,10-/m0/s1. The first-order valence-electron chi connectivity index (χ1n) is 4.59. The molecule has 1 rings (SSSR count). The van der Waals surface area contributed by atoms with Gasteiger partial charge in [-0.1, -0.05) is 18.2 Å². The summed E-state index contributed by atoms with van der Waals surface area (Å²) in [6.45, 7) is 3.82. The molecule has 0 aliphatic rings. The van der Waals surface area contributed by atoms with E-state index >= 15 is 0 Å². The molecule has 0 aromatic heterocycles. The van der Waals surface area contributed by atoms with Gasteiger partial charge in [0.1, 0.15) is 0 Å². The Labute approximate surface area is 79.8 Å². The Bertz CT molecular complexity index is 246. The highest BCUT2D eigenvalue weighted by Crippen LogP contribution is 2.15. The van der Waals surface area contributed by atoms with Crippen molar-refractivity contribution in [1.82, 2.24) is 0 Å². The van der Waals surface area contributed by atoms with Crippen molar-refractivity contribution >= 4 is 5.69 Å². The van der Waals surface area contributed by atoms with E-state index in [2.05, 4.69) is 4.90 Å². The zero-order chi connectivity index (χ0) is 9.84. The summed E-state index contributed by atoms with van der Waals surface area (Å²) in [5.41, 5.74) is 1.14. The van der Waals surface area contributed by atoms with Crippen molar-refractivity contribution in [1.29, 1.82) is 0 Å². The molecule has 2 atom stereocenters. The van der Waals surface area contributed by atoms with Crippen LogP contribution in [0.2, 0.25) is 0 Å². The van der Waals surface area contributed by atoms with E-state index in [4.69, 9.17) is 0 Å². The smallest absolute Gasteiger partial charge is 0.0712 e. The Morgan fingerprint density at radius 1 is 1.15 bits per heavy atom. The SMILES string of the molecule is C[C@H](O)[C@H](C)N(C)c1ccccc1. The van der Waals surface area contributed by atoms with Crippen LogP contribution in [0.15, 0.2) is 30.3 Å². The second kappa shape index (κ2) is 4.28. The second-order valence-corrected chi connectivity index (χ2v) is 3.43. The summed E-state index contributed by atoms with van der Waals surface area (Å²) in [7, 11) is 1.99. The Kier molecular flexibility index (Phi) is 3.32. The predicted molar refractivity (Wildman–Crippen MR) is 56.0 cm³/mol. The normalized spacial score (nSPS) is 15.1. The van der Waals surface area contributed by atoms with Crippen molar-refractivity contribution in [3.8, 4) is 0 Å². The second-order valence-electron chi connectivity index (χ2n) is 3.43. The fourth-order valence-electron chi connectivity index (χ4n) is 1.22. The third kappa shape index (κ3) is 2.46. The molecule has 0 amide bonds. The number of likely N-dealkylation sites (N-methyl/N-ethyl adjacent to an activating group) is 1. The number of hydrogen-bond donors (Lipinski definition) is 1. The third-order valence-electron chi connectivity index (χ3n) is 2.47. The zero-order valence-electron chi connectivity index (χ0n) is 8.44. The summed E-state index contributed by atoms with van der Waals surface area (Å²) < 4.78 is 0. The van der Waals surface area contributed by atoms with E-state index < -0.39 is 0 Å². The minimum Gasteiger partial charge on any atom is -0.391 e. The molecule has 0 radical (unpaired) electrons. The van der Waals surface area contributed by atoms with Crippen LogP contribution in [0.1, 0.15) is 13.8 Å². The molecule has 1 aromatic carbocycles. The van der Waals surface area contributed by atoms with Crippen LogP contribution in [0.25, 0.3) is 0 Å². The zero-order valence-corrected chi connectivity index (χ0v) is 8.44. The lowest BCUT2D eigenvalue weighted by atomic mass is 10.1. The molecule has 0 saturated heterocycles. The van der Waals surface area contributed by atoms with Gasteiger partial charge >= 0.3 is 0 Å². The highest BCUT2D eigenvalue weighted by atomic mass is 16.3. The number of para-hydroxylation sites is 1. The Morgan fingerprint density at radius 3 is 2.15 bits per heavy atom. The molecule has 13 heavy (non-hydrogen) atoms. The van der Waals surface area contributed by atoms with Crippen molar-refractivity contribution in [2.75, 3.05) is 11.9 Å². The molecule has 0 aliphatic heterocycles. The summed E-state index contributed by atoms with van der Waals surface area (Å²) in [5.74, 6) is 0. The molecule has 0 saturated carbocycles. The van der Waals surface area contributed by atoms with E-state index in [9.17, 15) is 5.11 Å². The highest BCUT2D eigenvalue weighted by Gasteiger charge is 2.14. The van der Waals surface area contributed by atoms with Gasteiger partial charge in [-0.2, -0.15) is 0 Å². The van der Waals surface area contributed by atoms with Gasteiger partial charge in [0.05, 0.1) is 12.1 Å². The van der Waals surface area contributed by atoms with Crippen LogP contribution in [-0.2, 0) is 0 Å². The van der Waals surface area contributed by atoms with Gasteiger partial charge in [0.2, 0.25) is 0 Å². The Hall–Kier alpha value is -1.02. The molecule has 0 unspecified atom stereocenters. The van der Waals surface area contributed by atoms with Crippen molar-refractivity contribution < 1.29 is 5.11 Å². The molecule has 0 bridgehead atoms. The van der Waals surface area contributed by atoms with Crippen LogP contribution in [0.4, 0.5) is 5.69 Å². The fraction of sp³-hybridized carbons (Fsp3) is 0.455. The highest BCUT2D eigenvalue weighted by molar-refractivity contribution is 5.46. The maximum Gasteiger partial charge on any atom is 0.0712 e. The minimum absolute atomic E-state index is 0.141. The number of rotatable bonds is 3. The number of aliphatic hydroxyl groups is 1. The predicted octanol–water partition coefficient (Wildman–Crippen LogP) is 1.89. The summed E-state index contributed by atoms with van der Waals surface area (Å²) in [6, 6.07) is 10.2. The maximum atomic E-state index is 9.41. The van der Waals surface area contributed by atoms with Crippen LogP contribution in [-0.4, -0.2) is 24.3 Å². The third-order valence-corrected chi connectivity index (χ3v) is 2.47. The number of anilines is 1. The Morgan fingerprint density at radius 2 is 1.69 bits per heavy atom. The van der Waals surface area contributed by atoms with Gasteiger partial charge in [-0.15, -0.1) is 0 Å². The molecule has 0 heterocycles. The summed E-state index contributed by atoms with van der Waals surface area (Å²) in [4.78, 5) is 2.07. The summed E-state index contributed by atoms with van der Waals surface area (Å²) >= 11 is 0. The Balaban J connectivity index is 2.73. The van der Waals surface area contributed by atoms with Crippen LogP contribution in [0.5, 0.6) is 0 Å². The molecule has 2 nitrogen and oxygen atoms in total. The summed E-state index contributed by atoms with van der Waals surface area (Å²) in [5, 5.41) is 9.41. The monoisotopic (exact) mass is 179 g/mol. The molecular formula is C11H17NO. The number of aliphatic hydroxyl groups excluding tert-OH is 1. The van der Waals surface area contributed by atoms with Crippen LogP contribution in [0, 0.1) is 0 Å².